The van der Waals surface area contributed by atoms with E-state index in [1.807, 2.05) is 42.5 Å². The molecule has 1 aromatic carbocycles. The Kier molecular flexibility index (Phi) is 4.95. The Morgan fingerprint density at radius 1 is 1.33 bits per heavy atom. The number of carbonyl (C=O) groups excluding carboxylic acids is 1. The van der Waals surface area contributed by atoms with E-state index in [1.54, 1.807) is 0 Å². The molecule has 0 aliphatic heterocycles. The van der Waals surface area contributed by atoms with Crippen LogP contribution in [0.25, 0.3) is 6.08 Å². The predicted molar refractivity (Wildman–Crippen MR) is 61.2 cm³/mol. The number of hydrogen-bond acceptors (Lipinski definition) is 2. The summed E-state index contributed by atoms with van der Waals surface area (Å²) in [5.41, 5.74) is 1.15. The van der Waals surface area contributed by atoms with Crippen LogP contribution in [0.4, 0.5) is 0 Å². The van der Waals surface area contributed by atoms with Crippen molar-refractivity contribution in [2.75, 3.05) is 6.61 Å². The zero-order chi connectivity index (χ0) is 10.9. The molecule has 0 unspecified atom stereocenters. The number of ether oxygens (including phenoxy) is 1. The molecule has 0 aliphatic rings. The van der Waals surface area contributed by atoms with Gasteiger partial charge < -0.3 is 4.74 Å². The van der Waals surface area contributed by atoms with Crippen molar-refractivity contribution < 1.29 is 9.53 Å². The van der Waals surface area contributed by atoms with E-state index >= 15 is 0 Å². The van der Waals surface area contributed by atoms with Crippen LogP contribution in [0.2, 0.25) is 0 Å². The molecule has 1 aromatic rings. The van der Waals surface area contributed by atoms with E-state index in [0.29, 0.717) is 13.0 Å². The Morgan fingerprint density at radius 3 is 2.73 bits per heavy atom. The average molecular weight is 202 g/mol. The molecule has 0 bridgehead atoms. The maximum Gasteiger partial charge on any atom is 0.330 e. The van der Waals surface area contributed by atoms with Gasteiger partial charge in [0.25, 0.3) is 0 Å². The molecule has 0 amide bonds. The summed E-state index contributed by atoms with van der Waals surface area (Å²) in [5, 5.41) is 0. The highest BCUT2D eigenvalue weighted by Crippen LogP contribution is 2.01. The second kappa shape index (κ2) is 6.60. The third kappa shape index (κ3) is 4.81. The predicted octanol–water partition coefficient (Wildman–Crippen LogP) is 2.82. The van der Waals surface area contributed by atoms with Gasteiger partial charge in [-0.25, -0.2) is 4.79 Å². The van der Waals surface area contributed by atoms with Crippen molar-refractivity contribution in [2.45, 2.75) is 6.42 Å². The van der Waals surface area contributed by atoms with Crippen LogP contribution >= 0.6 is 0 Å². The number of hydrogen-bond donors (Lipinski definition) is 0. The largest absolute Gasteiger partial charge is 0.462 e. The summed E-state index contributed by atoms with van der Waals surface area (Å²) in [6.07, 6.45) is 5.86. The minimum atomic E-state index is -0.372. The molecular formula is C13H14O2. The Balaban J connectivity index is 2.23. The molecule has 0 aromatic heterocycles. The fourth-order valence-corrected chi connectivity index (χ4v) is 1.07. The molecule has 78 valence electrons. The Hall–Kier alpha value is -1.83. The van der Waals surface area contributed by atoms with Gasteiger partial charge in [0, 0.05) is 6.08 Å². The van der Waals surface area contributed by atoms with Gasteiger partial charge >= 0.3 is 5.97 Å². The van der Waals surface area contributed by atoms with Gasteiger partial charge in [-0.05, 0) is 12.0 Å². The third-order valence-corrected chi connectivity index (χ3v) is 1.81. The fourth-order valence-electron chi connectivity index (χ4n) is 1.07. The highest BCUT2D eigenvalue weighted by Gasteiger charge is 1.91. The Labute approximate surface area is 89.9 Å². The summed E-state index contributed by atoms with van der Waals surface area (Å²) in [4.78, 5) is 10.7. The van der Waals surface area contributed by atoms with E-state index < -0.39 is 0 Å². The molecule has 0 saturated carbocycles. The van der Waals surface area contributed by atoms with E-state index in [2.05, 4.69) is 6.58 Å². The molecule has 0 atom stereocenters. The summed E-state index contributed by atoms with van der Waals surface area (Å²) in [6, 6.07) is 9.98. The van der Waals surface area contributed by atoms with E-state index in [9.17, 15) is 4.79 Å². The van der Waals surface area contributed by atoms with E-state index in [1.165, 1.54) is 6.08 Å². The van der Waals surface area contributed by atoms with Gasteiger partial charge in [-0.1, -0.05) is 49.1 Å². The maximum atomic E-state index is 10.7. The molecule has 15 heavy (non-hydrogen) atoms. The number of rotatable bonds is 5. The van der Waals surface area contributed by atoms with Crippen molar-refractivity contribution in [2.24, 2.45) is 0 Å². The molecule has 1 rings (SSSR count). The molecule has 0 saturated heterocycles. The van der Waals surface area contributed by atoms with Crippen LogP contribution in [0.3, 0.4) is 0 Å². The molecule has 0 fully saturated rings. The summed E-state index contributed by atoms with van der Waals surface area (Å²) in [5.74, 6) is -0.372. The average Bonchev–Trinajstić information content (AvgIpc) is 2.29. The molecule has 2 heteroatoms. The molecule has 0 aliphatic carbocycles. The zero-order valence-corrected chi connectivity index (χ0v) is 8.56. The van der Waals surface area contributed by atoms with Crippen molar-refractivity contribution in [3.05, 3.63) is 54.6 Å². The zero-order valence-electron chi connectivity index (χ0n) is 8.56. The lowest BCUT2D eigenvalue weighted by atomic mass is 10.2. The molecule has 0 heterocycles. The topological polar surface area (TPSA) is 26.3 Å². The van der Waals surface area contributed by atoms with Crippen LogP contribution in [0.5, 0.6) is 0 Å². The molecule has 0 N–H and O–H groups in total. The second-order valence-corrected chi connectivity index (χ2v) is 2.97. The SMILES string of the molecule is C=CC(=O)OCCC=Cc1ccccc1. The maximum absolute atomic E-state index is 10.7. The van der Waals surface area contributed by atoms with Crippen molar-refractivity contribution in [3.8, 4) is 0 Å². The lowest BCUT2D eigenvalue weighted by Gasteiger charge is -1.97. The summed E-state index contributed by atoms with van der Waals surface area (Å²) < 4.78 is 4.82. The lowest BCUT2D eigenvalue weighted by Crippen LogP contribution is -2.00. The first-order chi connectivity index (χ1) is 7.33. The Morgan fingerprint density at radius 2 is 2.07 bits per heavy atom. The minimum absolute atomic E-state index is 0.372. The molecule has 0 radical (unpaired) electrons. The van der Waals surface area contributed by atoms with E-state index in [4.69, 9.17) is 4.74 Å². The Bertz CT molecular complexity index is 339. The first-order valence-corrected chi connectivity index (χ1v) is 4.83. The monoisotopic (exact) mass is 202 g/mol. The summed E-state index contributed by atoms with van der Waals surface area (Å²) in [7, 11) is 0. The molecule has 2 nitrogen and oxygen atoms in total. The van der Waals surface area contributed by atoms with Gasteiger partial charge in [0.2, 0.25) is 0 Å². The quantitative estimate of drug-likeness (QED) is 0.417. The normalized spacial score (nSPS) is 10.1. The van der Waals surface area contributed by atoms with Gasteiger partial charge in [0.1, 0.15) is 0 Å². The van der Waals surface area contributed by atoms with Crippen LogP contribution in [-0.4, -0.2) is 12.6 Å². The molecular weight excluding hydrogens is 188 g/mol. The van der Waals surface area contributed by atoms with Gasteiger partial charge in [0.05, 0.1) is 6.61 Å². The second-order valence-electron chi connectivity index (χ2n) is 2.97. The lowest BCUT2D eigenvalue weighted by molar-refractivity contribution is -0.137. The van der Waals surface area contributed by atoms with Gasteiger partial charge in [-0.3, -0.25) is 0 Å². The van der Waals surface area contributed by atoms with Crippen molar-refractivity contribution in [1.82, 2.24) is 0 Å². The number of carbonyl (C=O) groups is 1. The van der Waals surface area contributed by atoms with Crippen LogP contribution in [-0.2, 0) is 9.53 Å². The van der Waals surface area contributed by atoms with Crippen molar-refractivity contribution in [3.63, 3.8) is 0 Å². The summed E-state index contributed by atoms with van der Waals surface area (Å²) >= 11 is 0. The van der Waals surface area contributed by atoms with Crippen molar-refractivity contribution >= 4 is 12.0 Å². The van der Waals surface area contributed by atoms with Crippen LogP contribution in [0, 0.1) is 0 Å². The first kappa shape index (κ1) is 11.2. The van der Waals surface area contributed by atoms with E-state index in [-0.39, 0.29) is 5.97 Å². The van der Waals surface area contributed by atoms with E-state index in [0.717, 1.165) is 5.56 Å². The van der Waals surface area contributed by atoms with Crippen LogP contribution in [0.15, 0.2) is 49.1 Å². The van der Waals surface area contributed by atoms with Crippen LogP contribution < -0.4 is 0 Å². The van der Waals surface area contributed by atoms with Gasteiger partial charge in [0.15, 0.2) is 0 Å². The van der Waals surface area contributed by atoms with Gasteiger partial charge in [-0.2, -0.15) is 0 Å². The third-order valence-electron chi connectivity index (χ3n) is 1.81. The highest BCUT2D eigenvalue weighted by atomic mass is 16.5. The number of benzene rings is 1. The smallest absolute Gasteiger partial charge is 0.330 e. The number of esters is 1. The first-order valence-electron chi connectivity index (χ1n) is 4.83. The fraction of sp³-hybridized carbons (Fsp3) is 0.154. The van der Waals surface area contributed by atoms with Gasteiger partial charge in [-0.15, -0.1) is 0 Å². The van der Waals surface area contributed by atoms with Crippen molar-refractivity contribution in [1.29, 1.82) is 0 Å². The van der Waals surface area contributed by atoms with Crippen LogP contribution in [0.1, 0.15) is 12.0 Å². The summed E-state index contributed by atoms with van der Waals surface area (Å²) in [6.45, 7) is 3.71. The minimum Gasteiger partial charge on any atom is -0.462 e. The standard InChI is InChI=1S/C13H14O2/c1-2-13(14)15-11-7-6-10-12-8-4-3-5-9-12/h2-6,8-10H,1,7,11H2. The molecule has 0 spiro atoms. The highest BCUT2D eigenvalue weighted by molar-refractivity contribution is 5.81.